The van der Waals surface area contributed by atoms with Crippen molar-refractivity contribution in [2.45, 2.75) is 12.3 Å². The maximum atomic E-state index is 4.36. The number of hydrogen-bond donors (Lipinski definition) is 0. The van der Waals surface area contributed by atoms with Crippen LogP contribution in [0.4, 0.5) is 0 Å². The van der Waals surface area contributed by atoms with E-state index in [1.54, 1.807) is 11.3 Å². The summed E-state index contributed by atoms with van der Waals surface area (Å²) in [5.41, 5.74) is 0. The third kappa shape index (κ3) is 1.79. The minimum absolute atomic E-state index is 0.733. The first-order valence-corrected chi connectivity index (χ1v) is 6.31. The molecule has 1 aliphatic rings. The summed E-state index contributed by atoms with van der Waals surface area (Å²) in [5.74, 6) is 3.30. The van der Waals surface area contributed by atoms with Gasteiger partial charge >= 0.3 is 0 Å². The van der Waals surface area contributed by atoms with Crippen molar-refractivity contribution in [1.82, 2.24) is 4.98 Å². The molecule has 0 N–H and O–H groups in total. The molecule has 1 aromatic rings. The number of hydrogen-bond acceptors (Lipinski definition) is 3. The lowest BCUT2D eigenvalue weighted by Crippen LogP contribution is -1.93. The van der Waals surface area contributed by atoms with Crippen molar-refractivity contribution in [3.8, 4) is 0 Å². The molecule has 0 aromatic carbocycles. The van der Waals surface area contributed by atoms with Crippen LogP contribution >= 0.6 is 39.0 Å². The minimum Gasteiger partial charge on any atom is -0.248 e. The Balaban J connectivity index is 2.15. The molecular formula is C7H8BrNS2. The van der Waals surface area contributed by atoms with Crippen molar-refractivity contribution in [1.29, 1.82) is 0 Å². The zero-order valence-corrected chi connectivity index (χ0v) is 9.14. The summed E-state index contributed by atoms with van der Waals surface area (Å²) in [6, 6.07) is 0. The van der Waals surface area contributed by atoms with Gasteiger partial charge in [-0.3, -0.25) is 0 Å². The van der Waals surface area contributed by atoms with Gasteiger partial charge in [0.1, 0.15) is 0 Å². The Morgan fingerprint density at radius 2 is 2.55 bits per heavy atom. The number of halogens is 1. The summed E-state index contributed by atoms with van der Waals surface area (Å²) in [6.07, 6.45) is 3.22. The molecule has 1 saturated heterocycles. The molecule has 60 valence electrons. The second-order valence-corrected chi connectivity index (χ2v) is 6.15. The third-order valence-electron chi connectivity index (χ3n) is 1.77. The average Bonchev–Trinajstić information content (AvgIpc) is 2.55. The summed E-state index contributed by atoms with van der Waals surface area (Å²) in [5, 5.41) is 1.31. The topological polar surface area (TPSA) is 12.9 Å². The Kier molecular flexibility index (Phi) is 2.54. The van der Waals surface area contributed by atoms with Crippen molar-refractivity contribution < 1.29 is 0 Å². The van der Waals surface area contributed by atoms with Gasteiger partial charge in [0.05, 0.1) is 15.0 Å². The van der Waals surface area contributed by atoms with Crippen LogP contribution < -0.4 is 0 Å². The molecule has 0 aliphatic carbocycles. The van der Waals surface area contributed by atoms with Gasteiger partial charge in [0.25, 0.3) is 0 Å². The van der Waals surface area contributed by atoms with Crippen molar-refractivity contribution in [3.63, 3.8) is 0 Å². The highest BCUT2D eigenvalue weighted by Crippen LogP contribution is 2.35. The molecule has 2 heterocycles. The van der Waals surface area contributed by atoms with E-state index in [-0.39, 0.29) is 0 Å². The van der Waals surface area contributed by atoms with Gasteiger partial charge in [-0.05, 0) is 28.1 Å². The van der Waals surface area contributed by atoms with Gasteiger partial charge in [0.15, 0.2) is 0 Å². The molecule has 0 radical (unpaired) electrons. The third-order valence-corrected chi connectivity index (χ3v) is 4.58. The molecule has 0 spiro atoms. The first kappa shape index (κ1) is 8.08. The monoisotopic (exact) mass is 249 g/mol. The van der Waals surface area contributed by atoms with E-state index in [0.29, 0.717) is 0 Å². The van der Waals surface area contributed by atoms with Crippen LogP contribution in [0.3, 0.4) is 0 Å². The van der Waals surface area contributed by atoms with Crippen LogP contribution in [0.15, 0.2) is 9.98 Å². The Morgan fingerprint density at radius 1 is 1.64 bits per heavy atom. The van der Waals surface area contributed by atoms with E-state index in [0.717, 1.165) is 9.70 Å². The first-order chi connectivity index (χ1) is 5.36. The molecule has 1 aromatic heterocycles. The van der Waals surface area contributed by atoms with Crippen molar-refractivity contribution >= 4 is 39.0 Å². The van der Waals surface area contributed by atoms with Crippen LogP contribution in [-0.2, 0) is 0 Å². The molecule has 0 bridgehead atoms. The number of thioether (sulfide) groups is 1. The van der Waals surface area contributed by atoms with E-state index in [9.17, 15) is 0 Å². The Hall–Kier alpha value is 0.460. The van der Waals surface area contributed by atoms with E-state index in [2.05, 4.69) is 20.9 Å². The molecule has 1 atom stereocenters. The Morgan fingerprint density at radius 3 is 3.09 bits per heavy atom. The van der Waals surface area contributed by atoms with Crippen LogP contribution in [0.1, 0.15) is 17.3 Å². The highest BCUT2D eigenvalue weighted by Gasteiger charge is 2.19. The average molecular weight is 250 g/mol. The van der Waals surface area contributed by atoms with Gasteiger partial charge in [-0.1, -0.05) is 0 Å². The minimum atomic E-state index is 0.733. The maximum Gasteiger partial charge on any atom is 0.0976 e. The standard InChI is InChI=1S/C7H8BrNS2/c8-6-3-9-7(11-6)5-1-2-10-4-5/h3,5H,1-2,4H2. The Bertz CT molecular complexity index is 242. The van der Waals surface area contributed by atoms with Gasteiger partial charge in [-0.2, -0.15) is 11.8 Å². The largest absolute Gasteiger partial charge is 0.248 e. The molecule has 1 fully saturated rings. The Labute approximate surface area is 82.7 Å². The predicted octanol–water partition coefficient (Wildman–Crippen LogP) is 3.13. The molecule has 1 nitrogen and oxygen atoms in total. The van der Waals surface area contributed by atoms with E-state index in [1.165, 1.54) is 22.9 Å². The first-order valence-electron chi connectivity index (χ1n) is 3.55. The van der Waals surface area contributed by atoms with Crippen molar-refractivity contribution in [2.24, 2.45) is 0 Å². The number of aromatic nitrogens is 1. The van der Waals surface area contributed by atoms with Crippen LogP contribution in [0.5, 0.6) is 0 Å². The van der Waals surface area contributed by atoms with Crippen LogP contribution in [0, 0.1) is 0 Å². The van der Waals surface area contributed by atoms with Gasteiger partial charge in [-0.15, -0.1) is 11.3 Å². The quantitative estimate of drug-likeness (QED) is 0.759. The van der Waals surface area contributed by atoms with E-state index in [4.69, 9.17) is 0 Å². The highest BCUT2D eigenvalue weighted by molar-refractivity contribution is 9.11. The van der Waals surface area contributed by atoms with Crippen LogP contribution in [-0.4, -0.2) is 16.5 Å². The smallest absolute Gasteiger partial charge is 0.0976 e. The van der Waals surface area contributed by atoms with Gasteiger partial charge in [0.2, 0.25) is 0 Å². The summed E-state index contributed by atoms with van der Waals surface area (Å²) in [6.45, 7) is 0. The summed E-state index contributed by atoms with van der Waals surface area (Å²) in [4.78, 5) is 4.36. The fraction of sp³-hybridized carbons (Fsp3) is 0.571. The summed E-state index contributed by atoms with van der Waals surface area (Å²) in [7, 11) is 0. The lowest BCUT2D eigenvalue weighted by molar-refractivity contribution is 0.773. The van der Waals surface area contributed by atoms with Gasteiger partial charge < -0.3 is 0 Å². The molecule has 1 aliphatic heterocycles. The van der Waals surface area contributed by atoms with Crippen molar-refractivity contribution in [2.75, 3.05) is 11.5 Å². The highest BCUT2D eigenvalue weighted by atomic mass is 79.9. The predicted molar refractivity (Wildman–Crippen MR) is 54.5 cm³/mol. The lowest BCUT2D eigenvalue weighted by Gasteiger charge is -2.00. The fourth-order valence-electron chi connectivity index (χ4n) is 1.18. The number of rotatable bonds is 1. The van der Waals surface area contributed by atoms with Gasteiger partial charge in [-0.25, -0.2) is 4.98 Å². The second kappa shape index (κ2) is 3.46. The SMILES string of the molecule is Brc1cnc(C2CCSC2)s1. The normalized spacial score (nSPS) is 24.3. The molecule has 0 amide bonds. The fourth-order valence-corrected chi connectivity index (χ4v) is 3.90. The van der Waals surface area contributed by atoms with Crippen LogP contribution in [0.25, 0.3) is 0 Å². The van der Waals surface area contributed by atoms with E-state index >= 15 is 0 Å². The van der Waals surface area contributed by atoms with Crippen LogP contribution in [0.2, 0.25) is 0 Å². The number of nitrogens with zero attached hydrogens (tertiary/aromatic N) is 1. The van der Waals surface area contributed by atoms with E-state index < -0.39 is 0 Å². The molecular weight excluding hydrogens is 242 g/mol. The lowest BCUT2D eigenvalue weighted by atomic mass is 10.1. The summed E-state index contributed by atoms with van der Waals surface area (Å²) >= 11 is 7.24. The number of thiazole rings is 1. The van der Waals surface area contributed by atoms with Gasteiger partial charge in [0, 0.05) is 11.7 Å². The zero-order chi connectivity index (χ0) is 7.68. The molecule has 11 heavy (non-hydrogen) atoms. The molecule has 1 unspecified atom stereocenters. The maximum absolute atomic E-state index is 4.36. The molecule has 2 rings (SSSR count). The van der Waals surface area contributed by atoms with Crippen molar-refractivity contribution in [3.05, 3.63) is 15.0 Å². The summed E-state index contributed by atoms with van der Waals surface area (Å²) < 4.78 is 1.16. The zero-order valence-electron chi connectivity index (χ0n) is 5.92. The molecule has 0 saturated carbocycles. The van der Waals surface area contributed by atoms with E-state index in [1.807, 2.05) is 18.0 Å². The molecule has 4 heteroatoms. The second-order valence-electron chi connectivity index (χ2n) is 2.56.